The lowest BCUT2D eigenvalue weighted by Crippen LogP contribution is -2.74. The van der Waals surface area contributed by atoms with Gasteiger partial charge in [0, 0.05) is 19.8 Å². The standard InChI is InChI=1S/C29H34NO7P/c1-22-18-27(30-23(2)31)28(19-24-12-6-3-7-13-24,35-21-26-16-10-5-11-17-26)29(36-22,37-38(32,33)34)20-25-14-8-4-9-15-25/h3-17,22,27H,18-21H2,1-2H3,(H,30,31)(H2,32,33,34)/t22-,27+,28-,29-/m1/s1. The lowest BCUT2D eigenvalue weighted by molar-refractivity contribution is -0.349. The van der Waals surface area contributed by atoms with E-state index in [1.807, 2.05) is 91.0 Å². The molecular formula is C29H34NO7P. The molecule has 4 rings (SSSR count). The predicted octanol–water partition coefficient (Wildman–Crippen LogP) is 4.55. The first-order valence-electron chi connectivity index (χ1n) is 12.6. The number of carbonyl (C=O) groups excluding carboxylic acids is 1. The second-order valence-corrected chi connectivity index (χ2v) is 10.9. The number of hydrogen-bond donors (Lipinski definition) is 3. The number of carbonyl (C=O) groups is 1. The van der Waals surface area contributed by atoms with Crippen LogP contribution in [-0.4, -0.2) is 39.2 Å². The van der Waals surface area contributed by atoms with Crippen molar-refractivity contribution in [3.8, 4) is 0 Å². The highest BCUT2D eigenvalue weighted by atomic mass is 31.2. The number of amides is 1. The van der Waals surface area contributed by atoms with Gasteiger partial charge in [-0.15, -0.1) is 0 Å². The summed E-state index contributed by atoms with van der Waals surface area (Å²) in [6, 6.07) is 27.4. The highest BCUT2D eigenvalue weighted by Crippen LogP contribution is 2.54. The van der Waals surface area contributed by atoms with Crippen LogP contribution in [0.5, 0.6) is 0 Å². The lowest BCUT2D eigenvalue weighted by Gasteiger charge is -2.57. The van der Waals surface area contributed by atoms with E-state index in [1.165, 1.54) is 6.92 Å². The molecule has 1 aliphatic rings. The molecular weight excluding hydrogens is 505 g/mol. The van der Waals surface area contributed by atoms with E-state index >= 15 is 0 Å². The van der Waals surface area contributed by atoms with Crippen LogP contribution >= 0.6 is 7.82 Å². The van der Waals surface area contributed by atoms with Crippen molar-refractivity contribution in [1.82, 2.24) is 5.32 Å². The number of nitrogens with one attached hydrogen (secondary N) is 1. The highest BCUT2D eigenvalue weighted by molar-refractivity contribution is 7.46. The Kier molecular flexibility index (Phi) is 8.83. The Morgan fingerprint density at radius 1 is 0.921 bits per heavy atom. The van der Waals surface area contributed by atoms with E-state index in [9.17, 15) is 19.1 Å². The van der Waals surface area contributed by atoms with Gasteiger partial charge in [0.1, 0.15) is 5.60 Å². The van der Waals surface area contributed by atoms with E-state index in [1.54, 1.807) is 6.92 Å². The summed E-state index contributed by atoms with van der Waals surface area (Å²) >= 11 is 0. The van der Waals surface area contributed by atoms with Crippen LogP contribution < -0.4 is 5.32 Å². The molecule has 3 N–H and O–H groups in total. The Morgan fingerprint density at radius 2 is 1.42 bits per heavy atom. The number of hydrogen-bond acceptors (Lipinski definition) is 5. The maximum atomic E-state index is 12.6. The average molecular weight is 540 g/mol. The molecule has 202 valence electrons. The van der Waals surface area contributed by atoms with Crippen molar-refractivity contribution in [3.63, 3.8) is 0 Å². The quantitative estimate of drug-likeness (QED) is 0.324. The SMILES string of the molecule is CC(=O)N[C@H]1C[C@@H](C)O[C@](Cc2ccccc2)(OP(=O)(O)O)[C@]1(Cc1ccccc1)OCc1ccccc1. The normalized spacial score (nSPS) is 25.6. The van der Waals surface area contributed by atoms with E-state index < -0.39 is 31.4 Å². The molecule has 3 aromatic carbocycles. The van der Waals surface area contributed by atoms with Crippen LogP contribution in [0.4, 0.5) is 0 Å². The van der Waals surface area contributed by atoms with Crippen LogP contribution in [0.25, 0.3) is 0 Å². The second-order valence-electron chi connectivity index (χ2n) is 9.74. The van der Waals surface area contributed by atoms with Crippen LogP contribution in [0.2, 0.25) is 0 Å². The molecule has 0 unspecified atom stereocenters. The Morgan fingerprint density at radius 3 is 1.92 bits per heavy atom. The summed E-state index contributed by atoms with van der Waals surface area (Å²) in [7, 11) is -5.12. The van der Waals surface area contributed by atoms with E-state index in [0.717, 1.165) is 16.7 Å². The van der Waals surface area contributed by atoms with Crippen molar-refractivity contribution < 1.29 is 33.1 Å². The fourth-order valence-corrected chi connectivity index (χ4v) is 5.91. The molecule has 3 aromatic rings. The summed E-state index contributed by atoms with van der Waals surface area (Å²) in [6.45, 7) is 3.30. The molecule has 0 saturated carbocycles. The van der Waals surface area contributed by atoms with Gasteiger partial charge in [-0.1, -0.05) is 91.0 Å². The summed E-state index contributed by atoms with van der Waals surface area (Å²) in [6.07, 6.45) is -0.0274. The first-order chi connectivity index (χ1) is 18.1. The fourth-order valence-electron chi connectivity index (χ4n) is 5.27. The Bertz CT molecular complexity index is 1240. The van der Waals surface area contributed by atoms with Crippen molar-refractivity contribution in [2.45, 2.75) is 63.3 Å². The van der Waals surface area contributed by atoms with Gasteiger partial charge < -0.3 is 24.6 Å². The topological polar surface area (TPSA) is 114 Å². The van der Waals surface area contributed by atoms with Gasteiger partial charge in [0.05, 0.1) is 18.8 Å². The molecule has 1 saturated heterocycles. The second kappa shape index (κ2) is 11.9. The van der Waals surface area contributed by atoms with Crippen molar-refractivity contribution in [3.05, 3.63) is 108 Å². The third-order valence-corrected chi connectivity index (χ3v) is 7.27. The third kappa shape index (κ3) is 6.77. The molecule has 1 amide bonds. The number of rotatable bonds is 10. The van der Waals surface area contributed by atoms with E-state index in [4.69, 9.17) is 14.0 Å². The van der Waals surface area contributed by atoms with Gasteiger partial charge in [0.25, 0.3) is 0 Å². The van der Waals surface area contributed by atoms with Crippen LogP contribution in [0.3, 0.4) is 0 Å². The smallest absolute Gasteiger partial charge is 0.362 e. The Balaban J connectivity index is 1.94. The van der Waals surface area contributed by atoms with E-state index in [2.05, 4.69) is 5.32 Å². The predicted molar refractivity (Wildman–Crippen MR) is 143 cm³/mol. The molecule has 1 fully saturated rings. The van der Waals surface area contributed by atoms with Gasteiger partial charge in [0.2, 0.25) is 11.7 Å². The zero-order chi connectivity index (χ0) is 27.2. The van der Waals surface area contributed by atoms with Gasteiger partial charge in [-0.05, 0) is 30.0 Å². The summed E-state index contributed by atoms with van der Waals surface area (Å²) < 4.78 is 31.5. The molecule has 9 heteroatoms. The monoisotopic (exact) mass is 539 g/mol. The molecule has 1 aliphatic heterocycles. The van der Waals surface area contributed by atoms with Crippen LogP contribution in [0.1, 0.15) is 37.0 Å². The zero-order valence-corrected chi connectivity index (χ0v) is 22.4. The van der Waals surface area contributed by atoms with Gasteiger partial charge in [-0.25, -0.2) is 4.57 Å². The minimum Gasteiger partial charge on any atom is -0.362 e. The minimum absolute atomic E-state index is 0.0268. The first kappa shape index (κ1) is 28.2. The van der Waals surface area contributed by atoms with Gasteiger partial charge in [0.15, 0.2) is 0 Å². The molecule has 8 nitrogen and oxygen atoms in total. The van der Waals surface area contributed by atoms with Crippen LogP contribution in [0.15, 0.2) is 91.0 Å². The summed E-state index contributed by atoms with van der Waals surface area (Å²) in [5, 5.41) is 3.01. The van der Waals surface area contributed by atoms with Crippen LogP contribution in [0, 0.1) is 0 Å². The molecule has 38 heavy (non-hydrogen) atoms. The van der Waals surface area contributed by atoms with Crippen molar-refractivity contribution >= 4 is 13.7 Å². The minimum atomic E-state index is -5.12. The maximum Gasteiger partial charge on any atom is 0.472 e. The van der Waals surface area contributed by atoms with Gasteiger partial charge in [-0.2, -0.15) is 0 Å². The van der Waals surface area contributed by atoms with Crippen molar-refractivity contribution in [2.24, 2.45) is 0 Å². The third-order valence-electron chi connectivity index (χ3n) is 6.74. The number of phosphoric ester groups is 1. The molecule has 0 bridgehead atoms. The molecule has 0 aliphatic carbocycles. The van der Waals surface area contributed by atoms with Crippen molar-refractivity contribution in [2.75, 3.05) is 0 Å². The molecule has 1 heterocycles. The number of benzene rings is 3. The summed E-state index contributed by atoms with van der Waals surface area (Å²) in [5.74, 6) is -2.25. The van der Waals surface area contributed by atoms with E-state index in [0.29, 0.717) is 6.42 Å². The molecule has 4 atom stereocenters. The summed E-state index contributed by atoms with van der Waals surface area (Å²) in [4.78, 5) is 32.9. The Hall–Kier alpha value is -2.84. The fraction of sp³-hybridized carbons (Fsp3) is 0.345. The molecule has 0 spiro atoms. The highest BCUT2D eigenvalue weighted by Gasteiger charge is 2.65. The molecule has 0 radical (unpaired) electrons. The van der Waals surface area contributed by atoms with Gasteiger partial charge in [-0.3, -0.25) is 9.32 Å². The Labute approximate surface area is 223 Å². The number of ether oxygens (including phenoxy) is 2. The summed E-state index contributed by atoms with van der Waals surface area (Å²) in [5.41, 5.74) is 0.891. The van der Waals surface area contributed by atoms with Gasteiger partial charge >= 0.3 is 7.82 Å². The maximum absolute atomic E-state index is 12.6. The van der Waals surface area contributed by atoms with E-state index in [-0.39, 0.29) is 25.4 Å². The molecule has 0 aromatic heterocycles. The van der Waals surface area contributed by atoms with Crippen molar-refractivity contribution in [1.29, 1.82) is 0 Å². The zero-order valence-electron chi connectivity index (χ0n) is 21.5. The lowest BCUT2D eigenvalue weighted by atomic mass is 9.73. The largest absolute Gasteiger partial charge is 0.472 e. The average Bonchev–Trinajstić information content (AvgIpc) is 2.86. The first-order valence-corrected chi connectivity index (χ1v) is 14.1. The van der Waals surface area contributed by atoms with Crippen LogP contribution in [-0.2, 0) is 42.8 Å². The number of phosphoric acid groups is 1.